The Balaban J connectivity index is 0.000000206. The van der Waals surface area contributed by atoms with Gasteiger partial charge in [-0.1, -0.05) is 117 Å². The van der Waals surface area contributed by atoms with E-state index in [2.05, 4.69) is 90.6 Å². The smallest absolute Gasteiger partial charge is 0.270 e. The molecule has 1 atom stereocenters. The third-order valence-electron chi connectivity index (χ3n) is 7.65. The zero-order valence-corrected chi connectivity index (χ0v) is 29.5. The lowest BCUT2D eigenvalue weighted by Gasteiger charge is -2.28. The first-order chi connectivity index (χ1) is 23.0. The Labute approximate surface area is 285 Å². The SMILES string of the molecule is C=Cc1cccc([N+](=O)[O-])c1.COCN(Cc1ccccc1)C[Si](C)(C)C.O=[N+]([O-])c1cccc(C2CCN(Cc3ccccc3)C2)c1. The first kappa shape index (κ1) is 38.0. The summed E-state index contributed by atoms with van der Waals surface area (Å²) in [6.45, 7) is 15.3. The highest BCUT2D eigenvalue weighted by atomic mass is 28.3. The Bertz CT molecular complexity index is 1580. The maximum absolute atomic E-state index is 10.9. The molecule has 0 aromatic heterocycles. The molecule has 0 aliphatic carbocycles. The van der Waals surface area contributed by atoms with E-state index in [9.17, 15) is 20.2 Å². The molecule has 0 N–H and O–H groups in total. The Hall–Kier alpha value is -4.48. The van der Waals surface area contributed by atoms with Gasteiger partial charge in [-0.15, -0.1) is 0 Å². The molecule has 10 heteroatoms. The van der Waals surface area contributed by atoms with Crippen LogP contribution in [0.15, 0.2) is 116 Å². The van der Waals surface area contributed by atoms with Crippen molar-refractivity contribution in [3.63, 3.8) is 0 Å². The summed E-state index contributed by atoms with van der Waals surface area (Å²) in [5.41, 5.74) is 4.81. The van der Waals surface area contributed by atoms with Crippen molar-refractivity contribution in [1.29, 1.82) is 0 Å². The fourth-order valence-corrected chi connectivity index (χ4v) is 7.13. The molecule has 9 nitrogen and oxygen atoms in total. The van der Waals surface area contributed by atoms with E-state index in [-0.39, 0.29) is 16.3 Å². The van der Waals surface area contributed by atoms with Crippen molar-refractivity contribution in [2.75, 3.05) is 33.1 Å². The third kappa shape index (κ3) is 13.7. The van der Waals surface area contributed by atoms with E-state index < -0.39 is 13.0 Å². The van der Waals surface area contributed by atoms with Crippen LogP contribution in [0.3, 0.4) is 0 Å². The number of nitrogens with zero attached hydrogens (tertiary/aromatic N) is 4. The molecule has 0 spiro atoms. The molecule has 1 heterocycles. The van der Waals surface area contributed by atoms with Gasteiger partial charge in [-0.25, -0.2) is 0 Å². The Kier molecular flexibility index (Phi) is 15.3. The topological polar surface area (TPSA) is 102 Å². The van der Waals surface area contributed by atoms with E-state index in [0.717, 1.165) is 50.5 Å². The van der Waals surface area contributed by atoms with Crippen molar-refractivity contribution < 1.29 is 14.6 Å². The van der Waals surface area contributed by atoms with Crippen molar-refractivity contribution in [2.24, 2.45) is 0 Å². The highest BCUT2D eigenvalue weighted by Crippen LogP contribution is 2.30. The normalized spacial score (nSPS) is 14.3. The van der Waals surface area contributed by atoms with Gasteiger partial charge in [0.2, 0.25) is 0 Å². The third-order valence-corrected chi connectivity index (χ3v) is 9.05. The monoisotopic (exact) mass is 668 g/mol. The Morgan fingerprint density at radius 3 is 2.00 bits per heavy atom. The maximum atomic E-state index is 10.9. The van der Waals surface area contributed by atoms with Crippen LogP contribution in [0.5, 0.6) is 0 Å². The summed E-state index contributed by atoms with van der Waals surface area (Å²) < 4.78 is 5.27. The van der Waals surface area contributed by atoms with Gasteiger partial charge in [-0.3, -0.25) is 30.0 Å². The van der Waals surface area contributed by atoms with Crippen molar-refractivity contribution in [3.8, 4) is 0 Å². The second-order valence-corrected chi connectivity index (χ2v) is 18.5. The van der Waals surface area contributed by atoms with Crippen molar-refractivity contribution >= 4 is 25.5 Å². The number of hydrogen-bond donors (Lipinski definition) is 0. The van der Waals surface area contributed by atoms with Crippen LogP contribution in [-0.2, 0) is 17.8 Å². The van der Waals surface area contributed by atoms with Gasteiger partial charge in [0, 0.05) is 51.0 Å². The van der Waals surface area contributed by atoms with Crippen LogP contribution in [0.2, 0.25) is 19.6 Å². The van der Waals surface area contributed by atoms with Crippen LogP contribution in [0.4, 0.5) is 11.4 Å². The maximum Gasteiger partial charge on any atom is 0.270 e. The molecule has 0 saturated carbocycles. The van der Waals surface area contributed by atoms with Crippen LogP contribution in [-0.4, -0.2) is 60.8 Å². The van der Waals surface area contributed by atoms with Crippen molar-refractivity contribution in [1.82, 2.24) is 9.80 Å². The molecule has 5 rings (SSSR count). The van der Waals surface area contributed by atoms with Crippen molar-refractivity contribution in [2.45, 2.75) is 45.1 Å². The minimum Gasteiger partial charge on any atom is -0.369 e. The summed E-state index contributed by atoms with van der Waals surface area (Å²) in [6.07, 6.45) is 3.82. The molecule has 1 aliphatic heterocycles. The summed E-state index contributed by atoms with van der Waals surface area (Å²) in [7, 11) is 0.701. The van der Waals surface area contributed by atoms with Crippen LogP contribution >= 0.6 is 0 Å². The number of nitro groups is 2. The second kappa shape index (κ2) is 19.4. The molecule has 254 valence electrons. The van der Waals surface area contributed by atoms with Gasteiger partial charge in [0.05, 0.1) is 24.7 Å². The van der Waals surface area contributed by atoms with Crippen LogP contribution < -0.4 is 0 Å². The largest absolute Gasteiger partial charge is 0.369 e. The molecule has 0 bridgehead atoms. The molecule has 1 unspecified atom stereocenters. The van der Waals surface area contributed by atoms with E-state index >= 15 is 0 Å². The number of rotatable bonds is 12. The molecule has 1 fully saturated rings. The minimum absolute atomic E-state index is 0.0994. The average Bonchev–Trinajstić information content (AvgIpc) is 3.54. The lowest BCUT2D eigenvalue weighted by atomic mass is 9.98. The van der Waals surface area contributed by atoms with Crippen molar-refractivity contribution in [3.05, 3.63) is 158 Å². The highest BCUT2D eigenvalue weighted by molar-refractivity contribution is 6.76. The number of nitro benzene ring substituents is 2. The zero-order valence-electron chi connectivity index (χ0n) is 28.5. The van der Waals surface area contributed by atoms with E-state index in [1.165, 1.54) is 29.4 Å². The predicted molar refractivity (Wildman–Crippen MR) is 197 cm³/mol. The van der Waals surface area contributed by atoms with E-state index in [1.54, 1.807) is 43.5 Å². The first-order valence-electron chi connectivity index (χ1n) is 16.1. The molecule has 48 heavy (non-hydrogen) atoms. The molecule has 4 aromatic rings. The molecule has 0 radical (unpaired) electrons. The molecule has 1 saturated heterocycles. The van der Waals surface area contributed by atoms with E-state index in [1.807, 2.05) is 12.1 Å². The zero-order chi connectivity index (χ0) is 34.9. The van der Waals surface area contributed by atoms with Gasteiger partial charge in [-0.2, -0.15) is 0 Å². The number of hydrogen-bond acceptors (Lipinski definition) is 7. The summed E-state index contributed by atoms with van der Waals surface area (Å²) in [5, 5.41) is 21.1. The Morgan fingerprint density at radius 2 is 1.44 bits per heavy atom. The lowest BCUT2D eigenvalue weighted by Crippen LogP contribution is -2.40. The first-order valence-corrected chi connectivity index (χ1v) is 19.8. The van der Waals surface area contributed by atoms with E-state index in [4.69, 9.17) is 4.74 Å². The number of non-ortho nitro benzene ring substituents is 2. The van der Waals surface area contributed by atoms with Crippen LogP contribution in [0, 0.1) is 20.2 Å². The molecule has 1 aliphatic rings. The number of methoxy groups -OCH3 is 1. The molecule has 4 aromatic carbocycles. The minimum atomic E-state index is -1.07. The quantitative estimate of drug-likeness (QED) is 0.0644. The number of ether oxygens (including phenoxy) is 1. The molecular formula is C38H48N4O5Si. The fourth-order valence-electron chi connectivity index (χ4n) is 5.59. The average molecular weight is 669 g/mol. The predicted octanol–water partition coefficient (Wildman–Crippen LogP) is 8.79. The van der Waals surface area contributed by atoms with Gasteiger partial charge in [0.1, 0.15) is 0 Å². The van der Waals surface area contributed by atoms with Crippen LogP contribution in [0.1, 0.15) is 34.6 Å². The fraction of sp³-hybridized carbons (Fsp3) is 0.316. The summed E-state index contributed by atoms with van der Waals surface area (Å²) in [6, 6.07) is 34.4. The van der Waals surface area contributed by atoms with Crippen LogP contribution in [0.25, 0.3) is 6.08 Å². The molecular weight excluding hydrogens is 621 g/mol. The molecule has 0 amide bonds. The van der Waals surface area contributed by atoms with Gasteiger partial charge >= 0.3 is 0 Å². The number of likely N-dealkylation sites (tertiary alicyclic amines) is 1. The highest BCUT2D eigenvalue weighted by Gasteiger charge is 2.25. The number of benzene rings is 4. The summed E-state index contributed by atoms with van der Waals surface area (Å²) in [5.74, 6) is 0.397. The van der Waals surface area contributed by atoms with Gasteiger partial charge in [0.15, 0.2) is 0 Å². The van der Waals surface area contributed by atoms with E-state index in [0.29, 0.717) is 5.92 Å². The second-order valence-electron chi connectivity index (χ2n) is 13.1. The van der Waals surface area contributed by atoms with Gasteiger partial charge in [-0.05, 0) is 47.3 Å². The van der Waals surface area contributed by atoms with Gasteiger partial charge in [0.25, 0.3) is 11.4 Å². The Morgan fingerprint density at radius 1 is 0.854 bits per heavy atom. The lowest BCUT2D eigenvalue weighted by molar-refractivity contribution is -0.385. The standard InChI is InChI=1S/C17H18N2O2.C13H23NOSi.C8H7NO2/c20-19(21)17-8-4-7-15(11-17)16-9-10-18(13-16)12-14-5-2-1-3-6-14;1-15-11-14(12-16(2,3)4)10-13-8-6-5-7-9-13;1-2-7-4-3-5-8(6-7)9(10)11/h1-8,11,16H,9-10,12-13H2;5-9H,10-12H2,1-4H3;2-6H,1H2. The summed E-state index contributed by atoms with van der Waals surface area (Å²) >= 11 is 0. The summed E-state index contributed by atoms with van der Waals surface area (Å²) in [4.78, 5) is 25.2. The van der Waals surface area contributed by atoms with Gasteiger partial charge < -0.3 is 4.74 Å².